The molecule has 0 amide bonds. The smallest absolute Gasteiger partial charge is 0.171 e. The van der Waals surface area contributed by atoms with Gasteiger partial charge in [0.05, 0.1) is 5.69 Å². The zero-order chi connectivity index (χ0) is 10.4. The minimum Gasteiger partial charge on any atom is -0.394 e. The van der Waals surface area contributed by atoms with Gasteiger partial charge in [0.1, 0.15) is 0 Å². The van der Waals surface area contributed by atoms with Gasteiger partial charge in [0.2, 0.25) is 0 Å². The average molecular weight is 206 g/mol. The number of nitrogens with one attached hydrogen (secondary N) is 1. The summed E-state index contributed by atoms with van der Waals surface area (Å²) in [4.78, 5) is 0. The summed E-state index contributed by atoms with van der Waals surface area (Å²) in [6, 6.07) is 0.612. The van der Waals surface area contributed by atoms with E-state index in [0.717, 1.165) is 23.3 Å². The fraction of sp³-hybridized carbons (Fsp3) is 0.727. The van der Waals surface area contributed by atoms with Crippen molar-refractivity contribution in [1.82, 2.24) is 9.78 Å². The third kappa shape index (κ3) is 1.48. The van der Waals surface area contributed by atoms with Crippen molar-refractivity contribution >= 4 is 11.5 Å². The molecule has 0 radical (unpaired) electrons. The Morgan fingerprint density at radius 1 is 1.47 bits per heavy atom. The molecule has 1 aromatic heterocycles. The molecule has 2 bridgehead atoms. The summed E-state index contributed by atoms with van der Waals surface area (Å²) in [6.45, 7) is 0. The van der Waals surface area contributed by atoms with Gasteiger partial charge in [-0.2, -0.15) is 5.10 Å². The summed E-state index contributed by atoms with van der Waals surface area (Å²) >= 11 is 0. The Morgan fingerprint density at radius 2 is 2.33 bits per heavy atom. The molecule has 82 valence electrons. The Kier molecular flexibility index (Phi) is 1.90. The van der Waals surface area contributed by atoms with Crippen molar-refractivity contribution in [3.05, 3.63) is 6.20 Å². The second kappa shape index (κ2) is 3.15. The van der Waals surface area contributed by atoms with Crippen LogP contribution in [0.2, 0.25) is 0 Å². The summed E-state index contributed by atoms with van der Waals surface area (Å²) in [7, 11) is 1.91. The van der Waals surface area contributed by atoms with E-state index in [9.17, 15) is 0 Å². The molecule has 4 nitrogen and oxygen atoms in total. The quantitative estimate of drug-likeness (QED) is 0.772. The van der Waals surface area contributed by atoms with Crippen LogP contribution in [0.3, 0.4) is 0 Å². The first-order chi connectivity index (χ1) is 7.22. The molecule has 2 aliphatic rings. The van der Waals surface area contributed by atoms with Crippen molar-refractivity contribution < 1.29 is 0 Å². The highest BCUT2D eigenvalue weighted by Gasteiger charge is 2.39. The maximum absolute atomic E-state index is 5.87. The number of nitrogens with zero attached hydrogens (tertiary/aromatic N) is 2. The van der Waals surface area contributed by atoms with E-state index in [4.69, 9.17) is 5.73 Å². The van der Waals surface area contributed by atoms with Gasteiger partial charge >= 0.3 is 0 Å². The number of aromatic nitrogens is 2. The molecule has 0 spiro atoms. The Hall–Kier alpha value is -1.19. The molecule has 1 aromatic rings. The van der Waals surface area contributed by atoms with Crippen molar-refractivity contribution in [2.75, 3.05) is 11.1 Å². The van der Waals surface area contributed by atoms with E-state index in [2.05, 4.69) is 10.4 Å². The van der Waals surface area contributed by atoms with Crippen LogP contribution < -0.4 is 11.1 Å². The van der Waals surface area contributed by atoms with E-state index in [0.29, 0.717) is 6.04 Å². The Labute approximate surface area is 89.8 Å². The van der Waals surface area contributed by atoms with Crippen molar-refractivity contribution in [1.29, 1.82) is 0 Å². The molecular weight excluding hydrogens is 188 g/mol. The van der Waals surface area contributed by atoms with Crippen LogP contribution in [0.5, 0.6) is 0 Å². The van der Waals surface area contributed by atoms with Gasteiger partial charge in [0, 0.05) is 19.3 Å². The average Bonchev–Trinajstić information content (AvgIpc) is 2.83. The van der Waals surface area contributed by atoms with Crippen molar-refractivity contribution in [2.24, 2.45) is 18.9 Å². The number of nitrogens with two attached hydrogens (primary N) is 1. The van der Waals surface area contributed by atoms with Gasteiger partial charge < -0.3 is 11.1 Å². The maximum Gasteiger partial charge on any atom is 0.171 e. The largest absolute Gasteiger partial charge is 0.394 e. The minimum atomic E-state index is 0.612. The van der Waals surface area contributed by atoms with E-state index in [-0.39, 0.29) is 0 Å². The number of rotatable bonds is 2. The highest BCUT2D eigenvalue weighted by Crippen LogP contribution is 2.45. The van der Waals surface area contributed by atoms with Crippen LogP contribution in [-0.2, 0) is 7.05 Å². The van der Waals surface area contributed by atoms with Crippen molar-refractivity contribution in [3.63, 3.8) is 0 Å². The van der Waals surface area contributed by atoms with Crippen molar-refractivity contribution in [3.8, 4) is 0 Å². The van der Waals surface area contributed by atoms with Gasteiger partial charge in [0.25, 0.3) is 0 Å². The van der Waals surface area contributed by atoms with E-state index in [1.165, 1.54) is 25.7 Å². The Morgan fingerprint density at radius 3 is 2.87 bits per heavy atom. The molecule has 15 heavy (non-hydrogen) atoms. The summed E-state index contributed by atoms with van der Waals surface area (Å²) < 4.78 is 1.77. The van der Waals surface area contributed by atoms with Crippen LogP contribution >= 0.6 is 0 Å². The number of nitrogen functional groups attached to an aromatic ring is 1. The lowest BCUT2D eigenvalue weighted by Crippen LogP contribution is -2.26. The predicted octanol–water partition coefficient (Wildman–Crippen LogP) is 1.60. The monoisotopic (exact) mass is 206 g/mol. The summed E-state index contributed by atoms with van der Waals surface area (Å²) in [5, 5.41) is 7.84. The zero-order valence-electron chi connectivity index (χ0n) is 9.11. The van der Waals surface area contributed by atoms with Gasteiger partial charge in [-0.05, 0) is 31.1 Å². The molecule has 3 atom stereocenters. The first kappa shape index (κ1) is 9.07. The zero-order valence-corrected chi connectivity index (χ0v) is 9.11. The van der Waals surface area contributed by atoms with E-state index in [1.54, 1.807) is 4.68 Å². The minimum absolute atomic E-state index is 0.612. The molecule has 1 heterocycles. The van der Waals surface area contributed by atoms with Crippen LogP contribution in [0.15, 0.2) is 6.20 Å². The standard InChI is InChI=1S/C11H18N4/c1-15-6-9(12)11(14-15)13-10-5-7-2-3-8(10)4-7/h6-8,10H,2-5,12H2,1H3,(H,13,14). The van der Waals surface area contributed by atoms with Gasteiger partial charge in [0.15, 0.2) is 5.82 Å². The molecular formula is C11H18N4. The molecule has 2 aliphatic carbocycles. The van der Waals surface area contributed by atoms with Crippen LogP contribution in [0, 0.1) is 11.8 Å². The van der Waals surface area contributed by atoms with Crippen molar-refractivity contribution in [2.45, 2.75) is 31.7 Å². The third-order valence-corrected chi connectivity index (χ3v) is 3.92. The molecule has 0 aliphatic heterocycles. The first-order valence-electron chi connectivity index (χ1n) is 5.78. The summed E-state index contributed by atoms with van der Waals surface area (Å²) in [5.41, 5.74) is 6.64. The lowest BCUT2D eigenvalue weighted by atomic mass is 9.95. The SMILES string of the molecule is Cn1cc(N)c(NC2CC3CCC2C3)n1. The fourth-order valence-corrected chi connectivity index (χ4v) is 3.22. The molecule has 0 aromatic carbocycles. The van der Waals surface area contributed by atoms with Crippen LogP contribution in [0.4, 0.5) is 11.5 Å². The Bertz CT molecular complexity index is 371. The third-order valence-electron chi connectivity index (χ3n) is 3.92. The maximum atomic E-state index is 5.87. The first-order valence-corrected chi connectivity index (χ1v) is 5.78. The lowest BCUT2D eigenvalue weighted by molar-refractivity contribution is 0.438. The number of anilines is 2. The number of aryl methyl sites for hydroxylation is 1. The Balaban J connectivity index is 1.73. The molecule has 0 saturated heterocycles. The van der Waals surface area contributed by atoms with E-state index >= 15 is 0 Å². The second-order valence-electron chi connectivity index (χ2n) is 5.03. The molecule has 2 fully saturated rings. The number of hydrogen-bond donors (Lipinski definition) is 2. The fourth-order valence-electron chi connectivity index (χ4n) is 3.22. The normalized spacial score (nSPS) is 33.5. The van der Waals surface area contributed by atoms with Crippen LogP contribution in [0.25, 0.3) is 0 Å². The highest BCUT2D eigenvalue weighted by atomic mass is 15.3. The predicted molar refractivity (Wildman–Crippen MR) is 60.5 cm³/mol. The van der Waals surface area contributed by atoms with Gasteiger partial charge in [-0.1, -0.05) is 6.42 Å². The van der Waals surface area contributed by atoms with Crippen LogP contribution in [0.1, 0.15) is 25.7 Å². The summed E-state index contributed by atoms with van der Waals surface area (Å²) in [5.74, 6) is 2.68. The highest BCUT2D eigenvalue weighted by molar-refractivity contribution is 5.60. The van der Waals surface area contributed by atoms with E-state index in [1.807, 2.05) is 13.2 Å². The molecule has 3 rings (SSSR count). The van der Waals surface area contributed by atoms with E-state index < -0.39 is 0 Å². The molecule has 2 saturated carbocycles. The lowest BCUT2D eigenvalue weighted by Gasteiger charge is -2.22. The molecule has 3 N–H and O–H groups in total. The van der Waals surface area contributed by atoms with Gasteiger partial charge in [-0.3, -0.25) is 4.68 Å². The molecule has 4 heteroatoms. The summed E-state index contributed by atoms with van der Waals surface area (Å²) in [6.07, 6.45) is 7.39. The molecule has 3 unspecified atom stereocenters. The van der Waals surface area contributed by atoms with Gasteiger partial charge in [-0.25, -0.2) is 0 Å². The number of hydrogen-bond acceptors (Lipinski definition) is 3. The second-order valence-corrected chi connectivity index (χ2v) is 5.03. The van der Waals surface area contributed by atoms with Gasteiger partial charge in [-0.15, -0.1) is 0 Å². The topological polar surface area (TPSA) is 55.9 Å². The number of fused-ring (bicyclic) bond motifs is 2. The van der Waals surface area contributed by atoms with Crippen LogP contribution in [-0.4, -0.2) is 15.8 Å².